The average molecular weight is 285 g/mol. The highest BCUT2D eigenvalue weighted by Gasteiger charge is 2.16. The standard InChI is InChI=1S/C14H21BrO/c1-14(2,3)9-8-12(10-16)11-4-6-13(15)7-5-11/h4-7,12,16H,8-10H2,1-3H3. The van der Waals surface area contributed by atoms with Gasteiger partial charge in [0.25, 0.3) is 0 Å². The van der Waals surface area contributed by atoms with Crippen LogP contribution in [0.1, 0.15) is 45.1 Å². The summed E-state index contributed by atoms with van der Waals surface area (Å²) in [5, 5.41) is 9.43. The van der Waals surface area contributed by atoms with Crippen LogP contribution in [-0.2, 0) is 0 Å². The lowest BCUT2D eigenvalue weighted by Gasteiger charge is -2.22. The summed E-state index contributed by atoms with van der Waals surface area (Å²) in [6.07, 6.45) is 2.18. The van der Waals surface area contributed by atoms with Crippen molar-refractivity contribution in [2.24, 2.45) is 5.41 Å². The van der Waals surface area contributed by atoms with E-state index < -0.39 is 0 Å². The molecule has 0 saturated carbocycles. The highest BCUT2D eigenvalue weighted by Crippen LogP contribution is 2.29. The van der Waals surface area contributed by atoms with E-state index in [1.807, 2.05) is 12.1 Å². The molecule has 0 aliphatic heterocycles. The van der Waals surface area contributed by atoms with Gasteiger partial charge < -0.3 is 5.11 Å². The largest absolute Gasteiger partial charge is 0.396 e. The van der Waals surface area contributed by atoms with E-state index in [4.69, 9.17) is 0 Å². The van der Waals surface area contributed by atoms with Gasteiger partial charge in [-0.3, -0.25) is 0 Å². The Bertz CT molecular complexity index is 311. The predicted molar refractivity (Wildman–Crippen MR) is 72.7 cm³/mol. The lowest BCUT2D eigenvalue weighted by Crippen LogP contribution is -2.11. The molecule has 0 amide bonds. The fourth-order valence-electron chi connectivity index (χ4n) is 1.71. The molecule has 0 radical (unpaired) electrons. The molecule has 0 fully saturated rings. The lowest BCUT2D eigenvalue weighted by atomic mass is 9.84. The number of benzene rings is 1. The van der Waals surface area contributed by atoms with E-state index in [2.05, 4.69) is 48.8 Å². The van der Waals surface area contributed by atoms with Crippen molar-refractivity contribution in [1.82, 2.24) is 0 Å². The van der Waals surface area contributed by atoms with Gasteiger partial charge in [0.15, 0.2) is 0 Å². The maximum absolute atomic E-state index is 9.43. The maximum Gasteiger partial charge on any atom is 0.0499 e. The zero-order chi connectivity index (χ0) is 12.2. The summed E-state index contributed by atoms with van der Waals surface area (Å²) in [5.41, 5.74) is 1.57. The topological polar surface area (TPSA) is 20.2 Å². The molecule has 1 unspecified atom stereocenters. The Kier molecular flexibility index (Phi) is 5.00. The fourth-order valence-corrected chi connectivity index (χ4v) is 1.97. The third-order valence-electron chi connectivity index (χ3n) is 2.80. The molecule has 0 aliphatic rings. The van der Waals surface area contributed by atoms with Gasteiger partial charge in [-0.15, -0.1) is 0 Å². The minimum atomic E-state index is 0.234. The summed E-state index contributed by atoms with van der Waals surface area (Å²) in [5.74, 6) is 0.271. The van der Waals surface area contributed by atoms with Crippen molar-refractivity contribution in [2.45, 2.75) is 39.5 Å². The SMILES string of the molecule is CC(C)(C)CCC(CO)c1ccc(Br)cc1. The Balaban J connectivity index is 2.64. The maximum atomic E-state index is 9.43. The van der Waals surface area contributed by atoms with E-state index in [0.29, 0.717) is 5.41 Å². The molecule has 1 atom stereocenters. The summed E-state index contributed by atoms with van der Waals surface area (Å²) >= 11 is 3.42. The van der Waals surface area contributed by atoms with Crippen LogP contribution in [-0.4, -0.2) is 11.7 Å². The third kappa shape index (κ3) is 4.67. The highest BCUT2D eigenvalue weighted by molar-refractivity contribution is 9.10. The zero-order valence-corrected chi connectivity index (χ0v) is 11.9. The van der Waals surface area contributed by atoms with Crippen LogP contribution in [0.3, 0.4) is 0 Å². The van der Waals surface area contributed by atoms with E-state index in [0.717, 1.165) is 17.3 Å². The van der Waals surface area contributed by atoms with Crippen LogP contribution in [0.15, 0.2) is 28.7 Å². The van der Waals surface area contributed by atoms with Gasteiger partial charge in [-0.2, -0.15) is 0 Å². The van der Waals surface area contributed by atoms with Crippen LogP contribution < -0.4 is 0 Å². The second kappa shape index (κ2) is 5.83. The van der Waals surface area contributed by atoms with Crippen molar-refractivity contribution in [3.05, 3.63) is 34.3 Å². The van der Waals surface area contributed by atoms with E-state index in [9.17, 15) is 5.11 Å². The summed E-state index contributed by atoms with van der Waals surface area (Å²) in [6.45, 7) is 6.95. The minimum absolute atomic E-state index is 0.234. The molecule has 90 valence electrons. The second-order valence-electron chi connectivity index (χ2n) is 5.53. The molecule has 2 heteroatoms. The van der Waals surface area contributed by atoms with Crippen molar-refractivity contribution in [2.75, 3.05) is 6.61 Å². The Morgan fingerprint density at radius 2 is 1.75 bits per heavy atom. The molecular formula is C14H21BrO. The molecule has 0 bridgehead atoms. The first-order chi connectivity index (χ1) is 7.42. The van der Waals surface area contributed by atoms with Gasteiger partial charge in [0.05, 0.1) is 0 Å². The molecule has 1 rings (SSSR count). The first-order valence-electron chi connectivity index (χ1n) is 5.79. The molecule has 0 aromatic heterocycles. The van der Waals surface area contributed by atoms with Crippen molar-refractivity contribution < 1.29 is 5.11 Å². The van der Waals surface area contributed by atoms with Crippen LogP contribution in [0.25, 0.3) is 0 Å². The second-order valence-corrected chi connectivity index (χ2v) is 6.45. The Labute approximate surface area is 107 Å². The Morgan fingerprint density at radius 3 is 2.19 bits per heavy atom. The van der Waals surface area contributed by atoms with Gasteiger partial charge in [0.2, 0.25) is 0 Å². The number of halogens is 1. The van der Waals surface area contributed by atoms with Gasteiger partial charge in [-0.05, 0) is 36.0 Å². The van der Waals surface area contributed by atoms with Gasteiger partial charge >= 0.3 is 0 Å². The quantitative estimate of drug-likeness (QED) is 0.872. The molecule has 0 spiro atoms. The summed E-state index contributed by atoms with van der Waals surface area (Å²) in [6, 6.07) is 8.26. The number of hydrogen-bond acceptors (Lipinski definition) is 1. The van der Waals surface area contributed by atoms with Crippen LogP contribution in [0.4, 0.5) is 0 Å². The number of aliphatic hydroxyl groups excluding tert-OH is 1. The van der Waals surface area contributed by atoms with E-state index in [1.54, 1.807) is 0 Å². The van der Waals surface area contributed by atoms with Gasteiger partial charge in [0.1, 0.15) is 0 Å². The molecule has 1 nitrogen and oxygen atoms in total. The van der Waals surface area contributed by atoms with E-state index in [1.165, 1.54) is 5.56 Å². The van der Waals surface area contributed by atoms with Crippen molar-refractivity contribution >= 4 is 15.9 Å². The molecule has 1 aromatic rings. The first kappa shape index (κ1) is 13.7. The van der Waals surface area contributed by atoms with Gasteiger partial charge in [-0.25, -0.2) is 0 Å². The summed E-state index contributed by atoms with van der Waals surface area (Å²) in [7, 11) is 0. The molecule has 0 aliphatic carbocycles. The number of hydrogen-bond donors (Lipinski definition) is 1. The van der Waals surface area contributed by atoms with Crippen molar-refractivity contribution in [1.29, 1.82) is 0 Å². The lowest BCUT2D eigenvalue weighted by molar-refractivity contribution is 0.241. The monoisotopic (exact) mass is 284 g/mol. The third-order valence-corrected chi connectivity index (χ3v) is 3.33. The summed E-state index contributed by atoms with van der Waals surface area (Å²) in [4.78, 5) is 0. The normalized spacial score (nSPS) is 13.8. The molecule has 16 heavy (non-hydrogen) atoms. The van der Waals surface area contributed by atoms with Crippen molar-refractivity contribution in [3.8, 4) is 0 Å². The molecule has 0 saturated heterocycles. The number of rotatable bonds is 4. The van der Waals surface area contributed by atoms with E-state index in [-0.39, 0.29) is 12.5 Å². The highest BCUT2D eigenvalue weighted by atomic mass is 79.9. The van der Waals surface area contributed by atoms with Crippen molar-refractivity contribution in [3.63, 3.8) is 0 Å². The first-order valence-corrected chi connectivity index (χ1v) is 6.58. The van der Waals surface area contributed by atoms with Gasteiger partial charge in [0, 0.05) is 17.0 Å². The van der Waals surface area contributed by atoms with Crippen LogP contribution >= 0.6 is 15.9 Å². The minimum Gasteiger partial charge on any atom is -0.396 e. The van der Waals surface area contributed by atoms with Gasteiger partial charge in [-0.1, -0.05) is 48.8 Å². The Morgan fingerprint density at radius 1 is 1.19 bits per heavy atom. The number of aliphatic hydroxyl groups is 1. The van der Waals surface area contributed by atoms with E-state index >= 15 is 0 Å². The predicted octanol–water partition coefficient (Wildman–Crippen LogP) is 4.35. The smallest absolute Gasteiger partial charge is 0.0499 e. The molecule has 1 N–H and O–H groups in total. The molecular weight excluding hydrogens is 264 g/mol. The Hall–Kier alpha value is -0.340. The fraction of sp³-hybridized carbons (Fsp3) is 0.571. The van der Waals surface area contributed by atoms with Crippen LogP contribution in [0, 0.1) is 5.41 Å². The van der Waals surface area contributed by atoms with Crippen LogP contribution in [0.2, 0.25) is 0 Å². The zero-order valence-electron chi connectivity index (χ0n) is 10.3. The molecule has 0 heterocycles. The average Bonchev–Trinajstić information content (AvgIpc) is 2.20. The summed E-state index contributed by atoms with van der Waals surface area (Å²) < 4.78 is 1.09. The molecule has 1 aromatic carbocycles. The van der Waals surface area contributed by atoms with Crippen LogP contribution in [0.5, 0.6) is 0 Å².